The molecule has 0 bridgehead atoms. The monoisotopic (exact) mass is 751 g/mol. The lowest BCUT2D eigenvalue weighted by Crippen LogP contribution is -2.10. The third-order valence-corrected chi connectivity index (χ3v) is 11.3. The molecule has 0 saturated carbocycles. The van der Waals surface area contributed by atoms with Crippen LogP contribution in [0.4, 0.5) is 17.1 Å². The average molecular weight is 752 g/mol. The van der Waals surface area contributed by atoms with E-state index < -0.39 is 0 Å². The van der Waals surface area contributed by atoms with Crippen molar-refractivity contribution < 1.29 is 0 Å². The first-order chi connectivity index (χ1) is 29.2. The van der Waals surface area contributed by atoms with Crippen molar-refractivity contribution in [3.63, 3.8) is 0 Å². The van der Waals surface area contributed by atoms with Crippen LogP contribution in [0.5, 0.6) is 0 Å². The molecule has 0 aromatic heterocycles. The van der Waals surface area contributed by atoms with Crippen molar-refractivity contribution >= 4 is 27.8 Å². The predicted molar refractivity (Wildman–Crippen MR) is 251 cm³/mol. The Morgan fingerprint density at radius 3 is 1.02 bits per heavy atom. The minimum absolute atomic E-state index is 1.10. The van der Waals surface area contributed by atoms with Crippen molar-refractivity contribution in [2.75, 3.05) is 4.90 Å². The van der Waals surface area contributed by atoms with E-state index in [0.717, 1.165) is 17.1 Å². The molecule has 0 unspecified atom stereocenters. The zero-order chi connectivity index (χ0) is 39.4. The van der Waals surface area contributed by atoms with Gasteiger partial charge in [0.2, 0.25) is 0 Å². The van der Waals surface area contributed by atoms with Crippen LogP contribution in [0.15, 0.2) is 249 Å². The molecule has 0 N–H and O–H groups in total. The van der Waals surface area contributed by atoms with Gasteiger partial charge in [0.15, 0.2) is 0 Å². The standard InChI is InChI=1S/C58H41N/c1-3-12-42(13-4-1)45-24-26-46(27-25-45)47-30-34-56(35-31-47)59(58-23-11-22-54(41-58)43-14-5-2-6-15-43)57-36-32-48(33-37-57)50-18-9-19-51(38-50)52-20-10-21-53(40-52)55-29-28-44-16-7-8-17-49(44)39-55/h1-41H. The van der Waals surface area contributed by atoms with Gasteiger partial charge in [-0.1, -0.05) is 194 Å². The molecule has 1 heteroatoms. The third kappa shape index (κ3) is 7.58. The van der Waals surface area contributed by atoms with Crippen LogP contribution in [0.2, 0.25) is 0 Å². The number of hydrogen-bond acceptors (Lipinski definition) is 1. The summed E-state index contributed by atoms with van der Waals surface area (Å²) in [6, 6.07) is 89.8. The van der Waals surface area contributed by atoms with Crippen LogP contribution < -0.4 is 4.90 Å². The molecule has 0 aliphatic rings. The van der Waals surface area contributed by atoms with Crippen LogP contribution in [0.25, 0.3) is 77.5 Å². The van der Waals surface area contributed by atoms with Crippen LogP contribution in [0, 0.1) is 0 Å². The number of fused-ring (bicyclic) bond motifs is 1. The smallest absolute Gasteiger partial charge is 0.0467 e. The highest BCUT2D eigenvalue weighted by atomic mass is 15.1. The SMILES string of the molecule is c1ccc(-c2ccc(-c3ccc(N(c4ccc(-c5cccc(-c6cccc(-c7ccc8ccccc8c7)c6)c5)cc4)c4cccc(-c5ccccc5)c4)cc3)cc2)cc1. The van der Waals surface area contributed by atoms with Crippen molar-refractivity contribution in [3.05, 3.63) is 249 Å². The minimum Gasteiger partial charge on any atom is -0.310 e. The molecule has 10 rings (SSSR count). The van der Waals surface area contributed by atoms with Gasteiger partial charge in [0.25, 0.3) is 0 Å². The maximum Gasteiger partial charge on any atom is 0.0467 e. The van der Waals surface area contributed by atoms with Crippen molar-refractivity contribution in [3.8, 4) is 66.8 Å². The zero-order valence-electron chi connectivity index (χ0n) is 32.6. The number of benzene rings is 10. The van der Waals surface area contributed by atoms with Gasteiger partial charge >= 0.3 is 0 Å². The number of nitrogens with zero attached hydrogens (tertiary/aromatic N) is 1. The van der Waals surface area contributed by atoms with Crippen LogP contribution >= 0.6 is 0 Å². The van der Waals surface area contributed by atoms with Gasteiger partial charge in [-0.05, 0) is 132 Å². The molecule has 0 saturated heterocycles. The molecular formula is C58H41N. The second-order valence-electron chi connectivity index (χ2n) is 15.0. The Bertz CT molecular complexity index is 3000. The second-order valence-corrected chi connectivity index (χ2v) is 15.0. The molecule has 0 atom stereocenters. The Morgan fingerprint density at radius 1 is 0.169 bits per heavy atom. The van der Waals surface area contributed by atoms with E-state index in [2.05, 4.69) is 254 Å². The van der Waals surface area contributed by atoms with Crippen molar-refractivity contribution in [1.82, 2.24) is 0 Å². The molecular weight excluding hydrogens is 711 g/mol. The van der Waals surface area contributed by atoms with E-state index in [0.29, 0.717) is 0 Å². The number of hydrogen-bond donors (Lipinski definition) is 0. The maximum atomic E-state index is 2.35. The number of rotatable bonds is 9. The first-order valence-electron chi connectivity index (χ1n) is 20.2. The second kappa shape index (κ2) is 16.0. The largest absolute Gasteiger partial charge is 0.310 e. The molecule has 278 valence electrons. The normalized spacial score (nSPS) is 11.1. The first kappa shape index (κ1) is 35.7. The molecule has 0 radical (unpaired) electrons. The Labute approximate surface area is 346 Å². The van der Waals surface area contributed by atoms with E-state index >= 15 is 0 Å². The Kier molecular flexibility index (Phi) is 9.68. The van der Waals surface area contributed by atoms with Gasteiger partial charge in [-0.25, -0.2) is 0 Å². The average Bonchev–Trinajstić information content (AvgIpc) is 3.33. The van der Waals surface area contributed by atoms with Crippen molar-refractivity contribution in [2.24, 2.45) is 0 Å². The fourth-order valence-corrected chi connectivity index (χ4v) is 8.12. The Hall–Kier alpha value is -7.74. The van der Waals surface area contributed by atoms with Crippen molar-refractivity contribution in [1.29, 1.82) is 0 Å². The van der Waals surface area contributed by atoms with E-state index in [1.165, 1.54) is 77.5 Å². The summed E-state index contributed by atoms with van der Waals surface area (Å²) in [7, 11) is 0. The predicted octanol–water partition coefficient (Wildman–Crippen LogP) is 16.3. The van der Waals surface area contributed by atoms with E-state index in [-0.39, 0.29) is 0 Å². The quantitative estimate of drug-likeness (QED) is 0.142. The molecule has 0 fully saturated rings. The van der Waals surface area contributed by atoms with E-state index in [9.17, 15) is 0 Å². The summed E-state index contributed by atoms with van der Waals surface area (Å²) < 4.78 is 0. The molecule has 10 aromatic carbocycles. The molecule has 0 spiro atoms. The lowest BCUT2D eigenvalue weighted by molar-refractivity contribution is 1.28. The van der Waals surface area contributed by atoms with Gasteiger partial charge in [-0.15, -0.1) is 0 Å². The summed E-state index contributed by atoms with van der Waals surface area (Å²) >= 11 is 0. The highest BCUT2D eigenvalue weighted by Crippen LogP contribution is 2.39. The minimum atomic E-state index is 1.10. The van der Waals surface area contributed by atoms with E-state index in [1.807, 2.05) is 0 Å². The Morgan fingerprint density at radius 2 is 0.492 bits per heavy atom. The lowest BCUT2D eigenvalue weighted by atomic mass is 9.95. The molecule has 0 heterocycles. The molecule has 59 heavy (non-hydrogen) atoms. The molecule has 0 aliphatic carbocycles. The van der Waals surface area contributed by atoms with Gasteiger partial charge < -0.3 is 4.90 Å². The zero-order valence-corrected chi connectivity index (χ0v) is 32.6. The van der Waals surface area contributed by atoms with E-state index in [4.69, 9.17) is 0 Å². The summed E-state index contributed by atoms with van der Waals surface area (Å²) in [5.41, 5.74) is 17.7. The number of anilines is 3. The maximum absolute atomic E-state index is 2.35. The van der Waals surface area contributed by atoms with Gasteiger partial charge in [-0.2, -0.15) is 0 Å². The highest BCUT2D eigenvalue weighted by molar-refractivity contribution is 5.88. The van der Waals surface area contributed by atoms with Gasteiger partial charge in [0.1, 0.15) is 0 Å². The van der Waals surface area contributed by atoms with Gasteiger partial charge in [0, 0.05) is 17.1 Å². The topological polar surface area (TPSA) is 3.24 Å². The Balaban J connectivity index is 0.963. The summed E-state index contributed by atoms with van der Waals surface area (Å²) in [6.07, 6.45) is 0. The van der Waals surface area contributed by atoms with Gasteiger partial charge in [-0.3, -0.25) is 0 Å². The molecule has 1 nitrogen and oxygen atoms in total. The summed E-state index contributed by atoms with van der Waals surface area (Å²) in [6.45, 7) is 0. The third-order valence-electron chi connectivity index (χ3n) is 11.3. The van der Waals surface area contributed by atoms with Crippen LogP contribution in [-0.4, -0.2) is 0 Å². The first-order valence-corrected chi connectivity index (χ1v) is 20.2. The molecule has 10 aromatic rings. The summed E-state index contributed by atoms with van der Waals surface area (Å²) in [4.78, 5) is 2.35. The van der Waals surface area contributed by atoms with Crippen LogP contribution in [-0.2, 0) is 0 Å². The summed E-state index contributed by atoms with van der Waals surface area (Å²) in [5.74, 6) is 0. The van der Waals surface area contributed by atoms with Crippen molar-refractivity contribution in [2.45, 2.75) is 0 Å². The van der Waals surface area contributed by atoms with Crippen LogP contribution in [0.3, 0.4) is 0 Å². The highest BCUT2D eigenvalue weighted by Gasteiger charge is 2.15. The van der Waals surface area contributed by atoms with E-state index in [1.54, 1.807) is 0 Å². The molecule has 0 amide bonds. The lowest BCUT2D eigenvalue weighted by Gasteiger charge is -2.26. The summed E-state index contributed by atoms with van der Waals surface area (Å²) in [5, 5.41) is 2.51. The van der Waals surface area contributed by atoms with Crippen LogP contribution in [0.1, 0.15) is 0 Å². The fourth-order valence-electron chi connectivity index (χ4n) is 8.12. The fraction of sp³-hybridized carbons (Fsp3) is 0. The van der Waals surface area contributed by atoms with Gasteiger partial charge in [0.05, 0.1) is 0 Å². The molecule has 0 aliphatic heterocycles.